The number of ether oxygens (including phenoxy) is 5. The van der Waals surface area contributed by atoms with E-state index in [1.807, 2.05) is 31.9 Å². The molecule has 2 bridgehead atoms. The number of ketones is 2. The summed E-state index contributed by atoms with van der Waals surface area (Å²) >= 11 is 1.29. The normalized spacial score (nSPS) is 22.8. The van der Waals surface area contributed by atoms with Gasteiger partial charge in [-0.1, -0.05) is 111 Å². The Morgan fingerprint density at radius 2 is 1.44 bits per heavy atom. The van der Waals surface area contributed by atoms with Crippen LogP contribution < -0.4 is 32.6 Å². The molecule has 1 aliphatic heterocycles. The first-order chi connectivity index (χ1) is 55.8. The smallest absolute Gasteiger partial charge is 0.338 e. The summed E-state index contributed by atoms with van der Waals surface area (Å²) in [5.41, 5.74) is -0.106. The standard InChI is InChI=1S/C82H94N10O23SSi2/c1-45-57(111-76(107)65(99)63(47-20-13-10-14-21-47)90-72(102)48-22-15-11-16-23-48)38-82(108)69(113-75(106)50-24-17-12-18-25-50)67-80(5,68(100)66(62(45)79(82,3)4)112-61(98)34-33-60(96)97)51(37-58-81(67,43-109-58)114-46(2)93)36-54(94)26-19-35-117(6,7)115-118(8,9)44-116-78-87-42-55(110-78)41-85-59(95)32-31-56(74(104)105)89-71(101)49-27-29-52(30-28-49)84-39-53-40-86-70-64(88-53)73(103)92-77(83)91-70/h10-25,27-30,35,40,42,51,56-58,63,65-67,69,84,99,108H,26,31-34,36-39,41,43-44H2,1-9H3,(H,85,95)(H,89,101)(H,90,102)(H,96,97)(H,104,105)(H3,83,86,91,92,103)/b35-19+/t51-,56-,57-,58+,63-,65+,66+,67-,69-,80+,81-,82+/m0/s1. The summed E-state index contributed by atoms with van der Waals surface area (Å²) < 4.78 is 44.7. The van der Waals surface area contributed by atoms with Crippen LogP contribution in [0.1, 0.15) is 140 Å². The van der Waals surface area contributed by atoms with Crippen LogP contribution in [0.3, 0.4) is 0 Å². The predicted octanol–water partition coefficient (Wildman–Crippen LogP) is 7.53. The number of benzene rings is 4. The summed E-state index contributed by atoms with van der Waals surface area (Å²) in [7, 11) is -5.42. The van der Waals surface area contributed by atoms with Crippen molar-refractivity contribution in [2.24, 2.45) is 22.7 Å². The number of hydrogen-bond acceptors (Lipinski definition) is 28. The first-order valence-electron chi connectivity index (χ1n) is 38.2. The number of H-pyrrole nitrogens is 1. The molecule has 3 amide bonds. The van der Waals surface area contributed by atoms with Gasteiger partial charge in [0.25, 0.3) is 22.6 Å². The van der Waals surface area contributed by atoms with Gasteiger partial charge >= 0.3 is 35.8 Å². The largest absolute Gasteiger partial charge is 0.481 e. The van der Waals surface area contributed by atoms with Crippen molar-refractivity contribution in [2.45, 2.75) is 184 Å². The maximum atomic E-state index is 16.9. The van der Waals surface area contributed by atoms with E-state index in [4.69, 9.17) is 38.0 Å². The molecule has 1 saturated heterocycles. The first kappa shape index (κ1) is 87.4. The molecule has 0 spiro atoms. The molecule has 12 atom stereocenters. The Bertz CT molecular complexity index is 5110. The number of aliphatic hydroxyl groups is 2. The number of carbonyl (C=O) groups excluding carboxylic acids is 9. The number of oxazole rings is 1. The van der Waals surface area contributed by atoms with Gasteiger partial charge in [-0.2, -0.15) is 4.98 Å². The quantitative estimate of drug-likeness (QED) is 0.00612. The van der Waals surface area contributed by atoms with E-state index >= 15 is 9.59 Å². The number of fused-ring (bicyclic) bond motifs is 6. The topological polar surface area (TPSA) is 496 Å². The zero-order chi connectivity index (χ0) is 85.4. The van der Waals surface area contributed by atoms with Gasteiger partial charge < -0.3 is 79.6 Å². The molecular weight excluding hydrogens is 1580 g/mol. The van der Waals surface area contributed by atoms with Crippen molar-refractivity contribution in [2.75, 3.05) is 23.0 Å². The van der Waals surface area contributed by atoms with Crippen LogP contribution in [0.5, 0.6) is 0 Å². The zero-order valence-corrected chi connectivity index (χ0v) is 69.1. The number of aliphatic carboxylic acids is 2. The number of aliphatic hydroxyl groups excluding tert-OH is 1. The van der Waals surface area contributed by atoms with E-state index in [0.29, 0.717) is 22.5 Å². The predicted molar refractivity (Wildman–Crippen MR) is 429 cm³/mol. The number of carbonyl (C=O) groups is 11. The molecule has 7 aromatic rings. The van der Waals surface area contributed by atoms with Crippen molar-refractivity contribution in [1.82, 2.24) is 40.9 Å². The lowest BCUT2D eigenvalue weighted by atomic mass is 9.42. The van der Waals surface area contributed by atoms with E-state index in [2.05, 4.69) is 46.2 Å². The Morgan fingerprint density at radius 3 is 2.08 bits per heavy atom. The van der Waals surface area contributed by atoms with Gasteiger partial charge in [-0.3, -0.25) is 48.1 Å². The van der Waals surface area contributed by atoms with Crippen LogP contribution in [-0.4, -0.2) is 187 Å². The number of nitrogens with two attached hydrogens (primary N) is 1. The van der Waals surface area contributed by atoms with E-state index in [-0.39, 0.29) is 94.5 Å². The third-order valence-electron chi connectivity index (χ3n) is 22.0. The number of nitrogens with one attached hydrogen (secondary N) is 5. The Labute approximate surface area is 683 Å². The fourth-order valence-corrected chi connectivity index (χ4v) is 25.8. The van der Waals surface area contributed by atoms with Crippen molar-refractivity contribution in [3.8, 4) is 0 Å². The number of aromatic amines is 1. The Hall–Kier alpha value is -11.4. The number of rotatable bonds is 34. The van der Waals surface area contributed by atoms with Gasteiger partial charge in [0.05, 0.1) is 68.1 Å². The van der Waals surface area contributed by atoms with Gasteiger partial charge in [-0.25, -0.2) is 29.3 Å². The minimum atomic E-state index is -2.80. The molecule has 118 heavy (non-hydrogen) atoms. The summed E-state index contributed by atoms with van der Waals surface area (Å²) in [5, 5.41) is 58.1. The summed E-state index contributed by atoms with van der Waals surface area (Å²) in [5.74, 6) is -13.0. The van der Waals surface area contributed by atoms with Crippen LogP contribution in [0, 0.1) is 22.7 Å². The van der Waals surface area contributed by atoms with Crippen LogP contribution in [-0.2, 0) is 79.2 Å². The second kappa shape index (κ2) is 36.2. The minimum Gasteiger partial charge on any atom is -0.481 e. The molecule has 624 valence electrons. The number of thioether (sulfide) groups is 1. The molecule has 33 nitrogen and oxygen atoms in total. The third-order valence-corrected chi connectivity index (χ3v) is 31.1. The number of carboxylic acid groups (broad SMARTS) is 2. The Balaban J connectivity index is 0.772. The van der Waals surface area contributed by atoms with E-state index < -0.39 is 196 Å². The van der Waals surface area contributed by atoms with Crippen LogP contribution >= 0.6 is 11.8 Å². The summed E-state index contributed by atoms with van der Waals surface area (Å²) in [6.07, 6.45) is -7.97. The lowest BCUT2D eigenvalue weighted by molar-refractivity contribution is -0.341. The fourth-order valence-electron chi connectivity index (χ4n) is 16.2. The second-order valence-electron chi connectivity index (χ2n) is 31.6. The molecule has 11 rings (SSSR count). The van der Waals surface area contributed by atoms with Gasteiger partial charge in [0, 0.05) is 65.6 Å². The average Bonchev–Trinajstić information content (AvgIpc) is 0.684. The Morgan fingerprint density at radius 1 is 0.788 bits per heavy atom. The highest BCUT2D eigenvalue weighted by atomic mass is 32.2. The SMILES string of the molecule is CC(=O)O[C@@]12CO[C@@H]1C[C@H](CC(=O)C/C=C/[Si](C)(C)O[Si](C)(C)CSc1ncc(CNC(=O)CC[C@H](NC(=O)c3ccc(NCc4cnc5nc(N)[nH]c(=O)c5n4)cc3)C(=O)O)o1)[C@@]1(C)C(=O)[C@H](OC(=O)CCC(=O)O)C3=C(C)[C@@H](OC(=O)[C@H](O)[C@@H](NC(=O)c4ccccc4)c4ccccc4)C[C@@](O)([C@@H](OC(=O)c4ccccc4)[C@H]21)C3(C)C. The number of nitrogen functional groups attached to an aromatic ring is 1. The van der Waals surface area contributed by atoms with E-state index in [9.17, 15) is 68.4 Å². The molecule has 2 saturated carbocycles. The van der Waals surface area contributed by atoms with Crippen LogP contribution in [0.4, 0.5) is 11.6 Å². The number of amides is 3. The van der Waals surface area contributed by atoms with E-state index in [1.165, 1.54) is 88.2 Å². The monoisotopic (exact) mass is 1670 g/mol. The molecule has 4 heterocycles. The third kappa shape index (κ3) is 19.7. The Kier molecular flexibility index (Phi) is 26.8. The average molecular weight is 1680 g/mol. The first-order valence-corrected chi connectivity index (χ1v) is 45.3. The van der Waals surface area contributed by atoms with E-state index in [1.54, 1.807) is 84.9 Å². The highest BCUT2D eigenvalue weighted by molar-refractivity contribution is 8.00. The van der Waals surface area contributed by atoms with Crippen LogP contribution in [0.25, 0.3) is 11.2 Å². The number of anilines is 2. The van der Waals surface area contributed by atoms with Gasteiger partial charge in [0.2, 0.25) is 11.9 Å². The minimum absolute atomic E-state index is 0.0114. The van der Waals surface area contributed by atoms with Crippen molar-refractivity contribution >= 4 is 116 Å². The molecule has 3 aliphatic carbocycles. The van der Waals surface area contributed by atoms with Gasteiger partial charge in [0.1, 0.15) is 41.5 Å². The highest BCUT2D eigenvalue weighted by Gasteiger charge is 2.78. The second-order valence-corrected chi connectivity index (χ2v) is 41.3. The molecule has 3 aromatic heterocycles. The number of hydrogen-bond donors (Lipinski definition) is 10. The van der Waals surface area contributed by atoms with Crippen LogP contribution in [0.2, 0.25) is 26.2 Å². The molecule has 11 N–H and O–H groups in total. The van der Waals surface area contributed by atoms with Crippen LogP contribution in [0.15, 0.2) is 165 Å². The zero-order valence-electron chi connectivity index (χ0n) is 66.3. The molecule has 3 fully saturated rings. The number of allylic oxidation sites excluding steroid dienone is 1. The van der Waals surface area contributed by atoms with Crippen molar-refractivity contribution < 1.29 is 105 Å². The van der Waals surface area contributed by atoms with Crippen molar-refractivity contribution in [3.63, 3.8) is 0 Å². The molecule has 4 aliphatic rings. The maximum absolute atomic E-state index is 16.9. The van der Waals surface area contributed by atoms with Gasteiger partial charge in [-0.05, 0) is 117 Å². The number of esters is 4. The molecule has 0 unspecified atom stereocenters. The maximum Gasteiger partial charge on any atom is 0.338 e. The number of nitrogens with zero attached hydrogens (tertiary/aromatic N) is 4. The molecule has 36 heteroatoms. The summed E-state index contributed by atoms with van der Waals surface area (Å²) in [6.45, 7) is 14.6. The van der Waals surface area contributed by atoms with Gasteiger partial charge in [-0.15, -0.1) is 0 Å². The number of Topliss-reactive ketones (excluding diaryl/α,β-unsaturated/α-hetero) is 2. The van der Waals surface area contributed by atoms with Gasteiger partial charge in [0.15, 0.2) is 51.4 Å². The molecule has 0 radical (unpaired) electrons. The van der Waals surface area contributed by atoms with Crippen molar-refractivity contribution in [3.05, 3.63) is 195 Å². The number of carboxylic acids is 2. The number of aromatic nitrogens is 5. The fraction of sp³-hybridized carbons (Fsp3) is 0.415. The van der Waals surface area contributed by atoms with E-state index in [0.717, 1.165) is 6.92 Å². The summed E-state index contributed by atoms with van der Waals surface area (Å²) in [6, 6.07) is 27.0. The highest BCUT2D eigenvalue weighted by Crippen LogP contribution is 2.66. The lowest BCUT2D eigenvalue weighted by Gasteiger charge is -2.68. The molecule has 4 aromatic carbocycles. The summed E-state index contributed by atoms with van der Waals surface area (Å²) in [4.78, 5) is 186. The molecular formula is C82H94N10O23SSi2. The lowest BCUT2D eigenvalue weighted by Crippen LogP contribution is -2.81. The van der Waals surface area contributed by atoms with Crippen molar-refractivity contribution in [1.29, 1.82) is 0 Å².